The molecule has 2 heterocycles. The second-order valence-electron chi connectivity index (χ2n) is 6.50. The largest absolute Gasteiger partial charge is 0.444 e. The minimum atomic E-state index is -3.01. The molecule has 0 aliphatic carbocycles. The molecule has 0 bridgehead atoms. The van der Waals surface area contributed by atoms with Crippen molar-refractivity contribution >= 4 is 23.5 Å². The van der Waals surface area contributed by atoms with E-state index >= 15 is 0 Å². The lowest BCUT2D eigenvalue weighted by atomic mass is 10.0. The number of rotatable bonds is 2. The molecule has 1 amide bonds. The molecule has 0 saturated carbocycles. The third kappa shape index (κ3) is 5.46. The summed E-state index contributed by atoms with van der Waals surface area (Å²) >= 11 is 5.64. The van der Waals surface area contributed by atoms with Gasteiger partial charge in [0, 0.05) is 13.0 Å². The molecule has 2 rings (SSSR count). The van der Waals surface area contributed by atoms with Gasteiger partial charge in [-0.1, -0.05) is 11.6 Å². The van der Waals surface area contributed by atoms with Crippen molar-refractivity contribution in [2.75, 3.05) is 18.4 Å². The van der Waals surface area contributed by atoms with Gasteiger partial charge in [-0.3, -0.25) is 0 Å². The standard InChI is InChI=1S/C14H19ClF2N4O2/c1-13(2,3)23-12(22)21-7-9(6-14(16,17)8-21)18-11-5-4-10(15)19-20-11/h4-5,9H,6-8H2,1-3H3,(H,18,20)/t9-/m1/s1. The van der Waals surface area contributed by atoms with Gasteiger partial charge in [0.15, 0.2) is 5.15 Å². The van der Waals surface area contributed by atoms with Crippen molar-refractivity contribution in [3.8, 4) is 0 Å². The molecule has 1 aliphatic heterocycles. The van der Waals surface area contributed by atoms with E-state index in [0.29, 0.717) is 5.82 Å². The van der Waals surface area contributed by atoms with Gasteiger partial charge < -0.3 is 15.0 Å². The zero-order chi connectivity index (χ0) is 17.3. The number of nitrogens with zero attached hydrogens (tertiary/aromatic N) is 3. The van der Waals surface area contributed by atoms with Gasteiger partial charge in [-0.15, -0.1) is 10.2 Å². The number of hydrogen-bond donors (Lipinski definition) is 1. The highest BCUT2D eigenvalue weighted by Crippen LogP contribution is 2.29. The summed E-state index contributed by atoms with van der Waals surface area (Å²) in [5.41, 5.74) is -0.742. The first-order valence-electron chi connectivity index (χ1n) is 7.16. The van der Waals surface area contributed by atoms with E-state index in [9.17, 15) is 13.6 Å². The zero-order valence-corrected chi connectivity index (χ0v) is 13.9. The number of halogens is 3. The van der Waals surface area contributed by atoms with Crippen LogP contribution in [0.15, 0.2) is 12.1 Å². The summed E-state index contributed by atoms with van der Waals surface area (Å²) in [4.78, 5) is 13.1. The van der Waals surface area contributed by atoms with E-state index in [-0.39, 0.29) is 11.7 Å². The van der Waals surface area contributed by atoms with E-state index in [2.05, 4.69) is 15.5 Å². The van der Waals surface area contributed by atoms with Gasteiger partial charge in [0.05, 0.1) is 12.6 Å². The number of nitrogens with one attached hydrogen (secondary N) is 1. The molecule has 9 heteroatoms. The normalized spacial score (nSPS) is 21.0. The second kappa shape index (κ2) is 6.43. The Balaban J connectivity index is 2.06. The highest BCUT2D eigenvalue weighted by atomic mass is 35.5. The molecule has 1 aromatic heterocycles. The number of anilines is 1. The van der Waals surface area contributed by atoms with Crippen LogP contribution in [0, 0.1) is 0 Å². The number of alkyl halides is 2. The number of ether oxygens (including phenoxy) is 1. The molecule has 1 aliphatic rings. The van der Waals surface area contributed by atoms with Crippen LogP contribution in [0.5, 0.6) is 0 Å². The maximum atomic E-state index is 13.9. The van der Waals surface area contributed by atoms with Gasteiger partial charge in [-0.05, 0) is 32.9 Å². The van der Waals surface area contributed by atoms with Crippen molar-refractivity contribution in [1.82, 2.24) is 15.1 Å². The average molecular weight is 349 g/mol. The summed E-state index contributed by atoms with van der Waals surface area (Å²) < 4.78 is 33.0. The Morgan fingerprint density at radius 1 is 1.43 bits per heavy atom. The van der Waals surface area contributed by atoms with Crippen LogP contribution in [-0.2, 0) is 4.74 Å². The molecule has 6 nitrogen and oxygen atoms in total. The Bertz CT molecular complexity index is 563. The SMILES string of the molecule is CC(C)(C)OC(=O)N1C[C@H](Nc2ccc(Cl)nn2)CC(F)(F)C1. The molecule has 1 saturated heterocycles. The number of aromatic nitrogens is 2. The Morgan fingerprint density at radius 3 is 2.70 bits per heavy atom. The van der Waals surface area contributed by atoms with Crippen LogP contribution in [0.1, 0.15) is 27.2 Å². The first kappa shape index (κ1) is 17.7. The van der Waals surface area contributed by atoms with Crippen molar-refractivity contribution in [2.45, 2.75) is 44.8 Å². The average Bonchev–Trinajstić information content (AvgIpc) is 2.37. The Kier molecular flexibility index (Phi) is 4.93. The minimum Gasteiger partial charge on any atom is -0.444 e. The monoisotopic (exact) mass is 348 g/mol. The van der Waals surface area contributed by atoms with Gasteiger partial charge in [0.1, 0.15) is 11.4 Å². The number of carbonyl (C=O) groups excluding carboxylic acids is 1. The van der Waals surface area contributed by atoms with E-state index in [4.69, 9.17) is 16.3 Å². The lowest BCUT2D eigenvalue weighted by Gasteiger charge is -2.38. The van der Waals surface area contributed by atoms with E-state index in [1.165, 1.54) is 6.07 Å². The maximum Gasteiger partial charge on any atom is 0.410 e. The number of amides is 1. The Labute approximate surface area is 138 Å². The fourth-order valence-corrected chi connectivity index (χ4v) is 2.36. The molecule has 1 atom stereocenters. The summed E-state index contributed by atoms with van der Waals surface area (Å²) in [6.45, 7) is 4.49. The third-order valence-corrected chi connectivity index (χ3v) is 3.25. The van der Waals surface area contributed by atoms with Gasteiger partial charge in [-0.25, -0.2) is 13.6 Å². The predicted octanol–water partition coefficient (Wildman–Crippen LogP) is 3.19. The van der Waals surface area contributed by atoms with Crippen molar-refractivity contribution in [2.24, 2.45) is 0 Å². The summed E-state index contributed by atoms with van der Waals surface area (Å²) in [6, 6.07) is 2.38. The second-order valence-corrected chi connectivity index (χ2v) is 6.89. The summed E-state index contributed by atoms with van der Waals surface area (Å²) in [5.74, 6) is -2.69. The van der Waals surface area contributed by atoms with Crippen LogP contribution in [0.3, 0.4) is 0 Å². The van der Waals surface area contributed by atoms with Gasteiger partial charge >= 0.3 is 6.09 Å². The smallest absolute Gasteiger partial charge is 0.410 e. The van der Waals surface area contributed by atoms with Crippen molar-refractivity contribution in [1.29, 1.82) is 0 Å². The molecule has 0 aromatic carbocycles. The third-order valence-electron chi connectivity index (χ3n) is 3.04. The molecular formula is C14H19ClF2N4O2. The lowest BCUT2D eigenvalue weighted by Crippen LogP contribution is -2.54. The fraction of sp³-hybridized carbons (Fsp3) is 0.643. The number of carbonyl (C=O) groups is 1. The fourth-order valence-electron chi connectivity index (χ4n) is 2.26. The van der Waals surface area contributed by atoms with E-state index in [1.807, 2.05) is 0 Å². The Hall–Kier alpha value is -1.70. The molecule has 0 spiro atoms. The van der Waals surface area contributed by atoms with Gasteiger partial charge in [-0.2, -0.15) is 0 Å². The number of hydrogen-bond acceptors (Lipinski definition) is 5. The highest BCUT2D eigenvalue weighted by Gasteiger charge is 2.43. The van der Waals surface area contributed by atoms with Crippen molar-refractivity contribution < 1.29 is 18.3 Å². The molecule has 0 radical (unpaired) electrons. The van der Waals surface area contributed by atoms with Crippen molar-refractivity contribution in [3.63, 3.8) is 0 Å². The molecule has 23 heavy (non-hydrogen) atoms. The first-order chi connectivity index (χ1) is 10.5. The quantitative estimate of drug-likeness (QED) is 0.889. The summed E-state index contributed by atoms with van der Waals surface area (Å²) in [6.07, 6.45) is -1.16. The molecule has 128 valence electrons. The lowest BCUT2D eigenvalue weighted by molar-refractivity contribution is -0.0722. The highest BCUT2D eigenvalue weighted by molar-refractivity contribution is 6.29. The molecule has 1 fully saturated rings. The van der Waals surface area contributed by atoms with Crippen LogP contribution in [0.25, 0.3) is 0 Å². The van der Waals surface area contributed by atoms with E-state index in [1.54, 1.807) is 26.8 Å². The number of likely N-dealkylation sites (tertiary alicyclic amines) is 1. The van der Waals surface area contributed by atoms with Crippen LogP contribution >= 0.6 is 11.6 Å². The van der Waals surface area contributed by atoms with E-state index in [0.717, 1.165) is 4.90 Å². The van der Waals surface area contributed by atoms with Crippen molar-refractivity contribution in [3.05, 3.63) is 17.3 Å². The molecular weight excluding hydrogens is 330 g/mol. The first-order valence-corrected chi connectivity index (χ1v) is 7.53. The molecule has 0 unspecified atom stereocenters. The predicted molar refractivity (Wildman–Crippen MR) is 81.8 cm³/mol. The maximum absolute atomic E-state index is 13.9. The van der Waals surface area contributed by atoms with Crippen LogP contribution in [-0.4, -0.2) is 51.8 Å². The summed E-state index contributed by atoms with van der Waals surface area (Å²) in [7, 11) is 0. The minimum absolute atomic E-state index is 0.0921. The summed E-state index contributed by atoms with van der Waals surface area (Å²) in [5, 5.41) is 10.5. The number of piperidine rings is 1. The molecule has 1 aromatic rings. The van der Waals surface area contributed by atoms with Gasteiger partial charge in [0.25, 0.3) is 5.92 Å². The molecule has 1 N–H and O–H groups in total. The van der Waals surface area contributed by atoms with Gasteiger partial charge in [0.2, 0.25) is 0 Å². The topological polar surface area (TPSA) is 67.3 Å². The Morgan fingerprint density at radius 2 is 2.13 bits per heavy atom. The zero-order valence-electron chi connectivity index (χ0n) is 13.1. The van der Waals surface area contributed by atoms with Crippen LogP contribution < -0.4 is 5.32 Å². The van der Waals surface area contributed by atoms with Crippen LogP contribution in [0.2, 0.25) is 5.15 Å². The van der Waals surface area contributed by atoms with E-state index < -0.39 is 36.6 Å². The van der Waals surface area contributed by atoms with Crippen LogP contribution in [0.4, 0.5) is 19.4 Å².